The zero-order valence-electron chi connectivity index (χ0n) is 15.1. The molecule has 3 rings (SSSR count). The third-order valence-electron chi connectivity index (χ3n) is 3.98. The lowest BCUT2D eigenvalue weighted by atomic mass is 10.2. The first kappa shape index (κ1) is 17.0. The Hall–Kier alpha value is -2.83. The van der Waals surface area contributed by atoms with E-state index in [1.807, 2.05) is 35.9 Å². The second-order valence-electron chi connectivity index (χ2n) is 6.18. The monoisotopic (exact) mass is 337 g/mol. The van der Waals surface area contributed by atoms with E-state index in [1.54, 1.807) is 6.20 Å². The summed E-state index contributed by atoms with van der Waals surface area (Å²) in [6.45, 7) is 6.85. The number of rotatable bonds is 6. The molecular weight excluding hydrogens is 314 g/mol. The van der Waals surface area contributed by atoms with Crippen LogP contribution in [0.1, 0.15) is 44.0 Å². The summed E-state index contributed by atoms with van der Waals surface area (Å²) in [6, 6.07) is 7.69. The molecule has 7 heteroatoms. The molecule has 0 saturated carbocycles. The van der Waals surface area contributed by atoms with Crippen LogP contribution in [-0.2, 0) is 20.0 Å². The molecule has 3 aromatic rings. The summed E-state index contributed by atoms with van der Waals surface area (Å²) in [5.41, 5.74) is 1.74. The standard InChI is InChI=1S/C18H23N7/c1-5-13-10-15(22-17(21-13)14-8-6-7-9-19-14)20-11-16-23-24-18(12(2)3)25(16)4/h6-10,12H,5,11H2,1-4H3,(H,20,21,22). The van der Waals surface area contributed by atoms with Crippen LogP contribution in [0.15, 0.2) is 30.5 Å². The fraction of sp³-hybridized carbons (Fsp3) is 0.389. The van der Waals surface area contributed by atoms with Gasteiger partial charge in [0.05, 0.1) is 6.54 Å². The molecule has 0 saturated heterocycles. The zero-order valence-corrected chi connectivity index (χ0v) is 15.1. The van der Waals surface area contributed by atoms with Crippen LogP contribution in [0.5, 0.6) is 0 Å². The molecule has 0 aliphatic carbocycles. The van der Waals surface area contributed by atoms with Crippen molar-refractivity contribution in [3.8, 4) is 11.5 Å². The first-order chi connectivity index (χ1) is 12.1. The van der Waals surface area contributed by atoms with Gasteiger partial charge in [-0.15, -0.1) is 10.2 Å². The van der Waals surface area contributed by atoms with Gasteiger partial charge in [0.2, 0.25) is 0 Å². The first-order valence-electron chi connectivity index (χ1n) is 8.50. The third-order valence-corrected chi connectivity index (χ3v) is 3.98. The predicted molar refractivity (Wildman–Crippen MR) is 97.1 cm³/mol. The maximum Gasteiger partial charge on any atom is 0.180 e. The number of hydrogen-bond donors (Lipinski definition) is 1. The van der Waals surface area contributed by atoms with Crippen LogP contribution < -0.4 is 5.32 Å². The van der Waals surface area contributed by atoms with Gasteiger partial charge in [0.15, 0.2) is 11.6 Å². The Labute approximate surface area is 147 Å². The Morgan fingerprint density at radius 3 is 2.64 bits per heavy atom. The van der Waals surface area contributed by atoms with Crippen molar-refractivity contribution in [3.63, 3.8) is 0 Å². The molecule has 0 radical (unpaired) electrons. The number of aryl methyl sites for hydroxylation is 1. The third kappa shape index (κ3) is 3.81. The van der Waals surface area contributed by atoms with Crippen molar-refractivity contribution < 1.29 is 0 Å². The number of nitrogens with zero attached hydrogens (tertiary/aromatic N) is 6. The van der Waals surface area contributed by atoms with Gasteiger partial charge in [-0.1, -0.05) is 26.8 Å². The Bertz CT molecular complexity index is 840. The van der Waals surface area contributed by atoms with E-state index >= 15 is 0 Å². The summed E-state index contributed by atoms with van der Waals surface area (Å²) in [7, 11) is 1.99. The molecule has 0 unspecified atom stereocenters. The van der Waals surface area contributed by atoms with Crippen LogP contribution in [0.2, 0.25) is 0 Å². The fourth-order valence-electron chi connectivity index (χ4n) is 2.58. The van der Waals surface area contributed by atoms with Crippen LogP contribution in [0.25, 0.3) is 11.5 Å². The maximum atomic E-state index is 4.60. The Balaban J connectivity index is 1.83. The van der Waals surface area contributed by atoms with Crippen LogP contribution in [0, 0.1) is 0 Å². The molecule has 0 amide bonds. The lowest BCUT2D eigenvalue weighted by Gasteiger charge is -2.10. The number of pyridine rings is 1. The van der Waals surface area contributed by atoms with E-state index in [4.69, 9.17) is 0 Å². The second kappa shape index (κ2) is 7.38. The van der Waals surface area contributed by atoms with Crippen molar-refractivity contribution in [2.75, 3.05) is 5.32 Å². The molecule has 3 heterocycles. The van der Waals surface area contributed by atoms with Gasteiger partial charge in [0.25, 0.3) is 0 Å². The Kier molecular flexibility index (Phi) is 5.02. The van der Waals surface area contributed by atoms with E-state index in [2.05, 4.69) is 51.2 Å². The van der Waals surface area contributed by atoms with Gasteiger partial charge in [-0.25, -0.2) is 9.97 Å². The van der Waals surface area contributed by atoms with E-state index in [1.165, 1.54) is 0 Å². The minimum atomic E-state index is 0.341. The van der Waals surface area contributed by atoms with Crippen LogP contribution in [-0.4, -0.2) is 29.7 Å². The fourth-order valence-corrected chi connectivity index (χ4v) is 2.58. The van der Waals surface area contributed by atoms with Gasteiger partial charge >= 0.3 is 0 Å². The van der Waals surface area contributed by atoms with Crippen molar-refractivity contribution in [1.82, 2.24) is 29.7 Å². The number of nitrogens with one attached hydrogen (secondary N) is 1. The van der Waals surface area contributed by atoms with Crippen molar-refractivity contribution in [2.24, 2.45) is 7.05 Å². The highest BCUT2D eigenvalue weighted by Crippen LogP contribution is 2.17. The maximum absolute atomic E-state index is 4.60. The summed E-state index contributed by atoms with van der Waals surface area (Å²) in [6.07, 6.45) is 2.58. The molecule has 0 atom stereocenters. The van der Waals surface area contributed by atoms with Crippen molar-refractivity contribution in [2.45, 2.75) is 39.7 Å². The topological polar surface area (TPSA) is 81.4 Å². The molecule has 0 spiro atoms. The summed E-state index contributed by atoms with van der Waals surface area (Å²) in [5, 5.41) is 11.9. The second-order valence-corrected chi connectivity index (χ2v) is 6.18. The smallest absolute Gasteiger partial charge is 0.180 e. The molecule has 130 valence electrons. The van der Waals surface area contributed by atoms with Crippen molar-refractivity contribution >= 4 is 5.82 Å². The Morgan fingerprint density at radius 1 is 1.16 bits per heavy atom. The summed E-state index contributed by atoms with van der Waals surface area (Å²) < 4.78 is 2.03. The van der Waals surface area contributed by atoms with Gasteiger partial charge in [-0.3, -0.25) is 4.98 Å². The van der Waals surface area contributed by atoms with Crippen molar-refractivity contribution in [3.05, 3.63) is 47.8 Å². The predicted octanol–water partition coefficient (Wildman–Crippen LogP) is 2.97. The van der Waals surface area contributed by atoms with Gasteiger partial charge in [0, 0.05) is 30.9 Å². The van der Waals surface area contributed by atoms with Gasteiger partial charge in [-0.2, -0.15) is 0 Å². The SMILES string of the molecule is CCc1cc(NCc2nnc(C(C)C)n2C)nc(-c2ccccn2)n1. The van der Waals surface area contributed by atoms with E-state index in [0.717, 1.165) is 35.3 Å². The quantitative estimate of drug-likeness (QED) is 0.745. The van der Waals surface area contributed by atoms with E-state index < -0.39 is 0 Å². The minimum Gasteiger partial charge on any atom is -0.363 e. The average Bonchev–Trinajstić information content (AvgIpc) is 3.01. The highest BCUT2D eigenvalue weighted by molar-refractivity contribution is 5.52. The molecule has 0 aliphatic heterocycles. The van der Waals surface area contributed by atoms with E-state index in [0.29, 0.717) is 18.3 Å². The van der Waals surface area contributed by atoms with Crippen molar-refractivity contribution in [1.29, 1.82) is 0 Å². The Morgan fingerprint density at radius 2 is 2.00 bits per heavy atom. The molecule has 0 aliphatic rings. The minimum absolute atomic E-state index is 0.341. The molecule has 1 N–H and O–H groups in total. The number of aromatic nitrogens is 6. The molecular formula is C18H23N7. The molecule has 0 aromatic carbocycles. The average molecular weight is 337 g/mol. The van der Waals surface area contributed by atoms with Gasteiger partial charge in [-0.05, 0) is 18.6 Å². The lowest BCUT2D eigenvalue weighted by Crippen LogP contribution is -2.10. The first-order valence-corrected chi connectivity index (χ1v) is 8.50. The van der Waals surface area contributed by atoms with Crippen LogP contribution >= 0.6 is 0 Å². The molecule has 0 bridgehead atoms. The normalized spacial score (nSPS) is 11.1. The highest BCUT2D eigenvalue weighted by atomic mass is 15.3. The number of hydrogen-bond acceptors (Lipinski definition) is 6. The highest BCUT2D eigenvalue weighted by Gasteiger charge is 2.12. The summed E-state index contributed by atoms with van der Waals surface area (Å²) in [5.74, 6) is 3.58. The van der Waals surface area contributed by atoms with E-state index in [9.17, 15) is 0 Å². The molecule has 7 nitrogen and oxygen atoms in total. The van der Waals surface area contributed by atoms with Crippen LogP contribution in [0.3, 0.4) is 0 Å². The molecule has 0 fully saturated rings. The van der Waals surface area contributed by atoms with E-state index in [-0.39, 0.29) is 0 Å². The zero-order chi connectivity index (χ0) is 17.8. The molecule has 25 heavy (non-hydrogen) atoms. The van der Waals surface area contributed by atoms with Crippen LogP contribution in [0.4, 0.5) is 5.82 Å². The summed E-state index contributed by atoms with van der Waals surface area (Å²) in [4.78, 5) is 13.5. The van der Waals surface area contributed by atoms with Gasteiger partial charge < -0.3 is 9.88 Å². The summed E-state index contributed by atoms with van der Waals surface area (Å²) >= 11 is 0. The number of anilines is 1. The molecule has 3 aromatic heterocycles. The largest absolute Gasteiger partial charge is 0.363 e. The lowest BCUT2D eigenvalue weighted by molar-refractivity contribution is 0.692. The van der Waals surface area contributed by atoms with Gasteiger partial charge in [0.1, 0.15) is 17.3 Å².